The van der Waals surface area contributed by atoms with E-state index >= 15 is 0 Å². The third-order valence-corrected chi connectivity index (χ3v) is 2.76. The molecule has 1 unspecified atom stereocenters. The molecule has 0 bridgehead atoms. The summed E-state index contributed by atoms with van der Waals surface area (Å²) in [4.78, 5) is 10.4. The highest BCUT2D eigenvalue weighted by molar-refractivity contribution is 5.05. The molecule has 0 saturated heterocycles. The molecule has 0 fully saturated rings. The summed E-state index contributed by atoms with van der Waals surface area (Å²) in [5.74, 6) is 0.964. The highest BCUT2D eigenvalue weighted by atomic mass is 16.3. The van der Waals surface area contributed by atoms with Gasteiger partial charge in [-0.1, -0.05) is 0 Å². The zero-order valence-corrected chi connectivity index (χ0v) is 10.7. The molecule has 1 N–H and O–H groups in total. The van der Waals surface area contributed by atoms with Gasteiger partial charge in [0.1, 0.15) is 5.76 Å². The van der Waals surface area contributed by atoms with E-state index in [1.165, 1.54) is 0 Å². The fraction of sp³-hybridized carbons (Fsp3) is 0.385. The Morgan fingerprint density at radius 2 is 2.28 bits per heavy atom. The number of hydrogen-bond acceptors (Lipinski definition) is 5. The van der Waals surface area contributed by atoms with Crippen molar-refractivity contribution in [2.45, 2.75) is 12.6 Å². The highest BCUT2D eigenvalue weighted by Crippen LogP contribution is 2.17. The van der Waals surface area contributed by atoms with Crippen molar-refractivity contribution in [1.82, 2.24) is 20.2 Å². The number of aromatic nitrogens is 2. The first-order valence-electron chi connectivity index (χ1n) is 5.93. The van der Waals surface area contributed by atoms with Crippen molar-refractivity contribution in [1.29, 1.82) is 0 Å². The van der Waals surface area contributed by atoms with Crippen LogP contribution in [-0.4, -0.2) is 35.5 Å². The maximum Gasteiger partial charge on any atom is 0.122 e. The summed E-state index contributed by atoms with van der Waals surface area (Å²) in [6.45, 7) is 1.51. The highest BCUT2D eigenvalue weighted by Gasteiger charge is 2.16. The topological polar surface area (TPSA) is 54.2 Å². The average molecular weight is 246 g/mol. The first-order valence-corrected chi connectivity index (χ1v) is 5.93. The molecular weight excluding hydrogens is 228 g/mol. The molecule has 0 aromatic carbocycles. The Labute approximate surface area is 107 Å². The molecule has 2 rings (SSSR count). The van der Waals surface area contributed by atoms with Crippen LogP contribution in [0, 0.1) is 0 Å². The minimum atomic E-state index is 0.219. The van der Waals surface area contributed by atoms with Crippen LogP contribution in [0.3, 0.4) is 0 Å². The molecule has 2 heterocycles. The fourth-order valence-corrected chi connectivity index (χ4v) is 1.78. The van der Waals surface area contributed by atoms with Gasteiger partial charge in [-0.3, -0.25) is 14.9 Å². The van der Waals surface area contributed by atoms with Crippen LogP contribution in [0.2, 0.25) is 0 Å². The Balaban J connectivity index is 1.87. The van der Waals surface area contributed by atoms with Gasteiger partial charge < -0.3 is 9.73 Å². The van der Waals surface area contributed by atoms with Crippen molar-refractivity contribution in [3.05, 3.63) is 48.4 Å². The van der Waals surface area contributed by atoms with Crippen molar-refractivity contribution in [2.75, 3.05) is 20.6 Å². The lowest BCUT2D eigenvalue weighted by molar-refractivity contribution is 0.250. The number of hydrogen-bond donors (Lipinski definition) is 1. The molecule has 0 aliphatic rings. The molecule has 0 spiro atoms. The Kier molecular flexibility index (Phi) is 4.44. The maximum atomic E-state index is 5.45. The van der Waals surface area contributed by atoms with E-state index in [1.807, 2.05) is 26.2 Å². The quantitative estimate of drug-likeness (QED) is 0.836. The van der Waals surface area contributed by atoms with Gasteiger partial charge in [-0.05, 0) is 26.2 Å². The molecule has 0 aliphatic heterocycles. The van der Waals surface area contributed by atoms with Crippen LogP contribution >= 0.6 is 0 Å². The standard InChI is InChI=1S/C13H18N4O/c1-17(2)12(13-4-3-7-18-13)10-15-9-11-8-14-5-6-16-11/h3-8,12,15H,9-10H2,1-2H3. The number of rotatable bonds is 6. The molecule has 0 aliphatic carbocycles. The summed E-state index contributed by atoms with van der Waals surface area (Å²) in [6, 6.07) is 4.13. The number of nitrogens with one attached hydrogen (secondary N) is 1. The summed E-state index contributed by atoms with van der Waals surface area (Å²) in [7, 11) is 4.08. The Morgan fingerprint density at radius 1 is 1.39 bits per heavy atom. The van der Waals surface area contributed by atoms with Crippen molar-refractivity contribution in [3.63, 3.8) is 0 Å². The van der Waals surface area contributed by atoms with Crippen LogP contribution in [0.25, 0.3) is 0 Å². The first kappa shape index (κ1) is 12.7. The molecular formula is C13H18N4O. The van der Waals surface area contributed by atoms with Crippen LogP contribution < -0.4 is 5.32 Å². The molecule has 0 amide bonds. The first-order chi connectivity index (χ1) is 8.77. The zero-order chi connectivity index (χ0) is 12.8. The van der Waals surface area contributed by atoms with E-state index in [1.54, 1.807) is 24.9 Å². The van der Waals surface area contributed by atoms with Gasteiger partial charge in [-0.2, -0.15) is 0 Å². The second-order valence-electron chi connectivity index (χ2n) is 4.32. The van der Waals surface area contributed by atoms with Crippen LogP contribution in [-0.2, 0) is 6.54 Å². The van der Waals surface area contributed by atoms with Crippen LogP contribution in [0.1, 0.15) is 17.5 Å². The summed E-state index contributed by atoms with van der Waals surface area (Å²) >= 11 is 0. The van der Waals surface area contributed by atoms with E-state index in [4.69, 9.17) is 4.42 Å². The maximum absolute atomic E-state index is 5.45. The monoisotopic (exact) mass is 246 g/mol. The van der Waals surface area contributed by atoms with Crippen LogP contribution in [0.15, 0.2) is 41.4 Å². The molecule has 96 valence electrons. The summed E-state index contributed by atoms with van der Waals surface area (Å²) < 4.78 is 5.45. The van der Waals surface area contributed by atoms with Gasteiger partial charge in [-0.15, -0.1) is 0 Å². The van der Waals surface area contributed by atoms with Gasteiger partial charge >= 0.3 is 0 Å². The minimum Gasteiger partial charge on any atom is -0.468 e. The molecule has 5 nitrogen and oxygen atoms in total. The molecule has 18 heavy (non-hydrogen) atoms. The van der Waals surface area contributed by atoms with Gasteiger partial charge in [0.25, 0.3) is 0 Å². The van der Waals surface area contributed by atoms with E-state index in [2.05, 4.69) is 20.2 Å². The third-order valence-electron chi connectivity index (χ3n) is 2.76. The Morgan fingerprint density at radius 3 is 2.89 bits per heavy atom. The van der Waals surface area contributed by atoms with E-state index in [9.17, 15) is 0 Å². The van der Waals surface area contributed by atoms with Gasteiger partial charge in [0.2, 0.25) is 0 Å². The molecule has 5 heteroatoms. The Bertz CT molecular complexity index is 441. The van der Waals surface area contributed by atoms with Crippen LogP contribution in [0.4, 0.5) is 0 Å². The largest absolute Gasteiger partial charge is 0.468 e. The third kappa shape index (κ3) is 3.38. The average Bonchev–Trinajstić information content (AvgIpc) is 2.89. The van der Waals surface area contributed by atoms with E-state index < -0.39 is 0 Å². The van der Waals surface area contributed by atoms with E-state index in [-0.39, 0.29) is 6.04 Å². The number of nitrogens with zero attached hydrogens (tertiary/aromatic N) is 3. The zero-order valence-electron chi connectivity index (χ0n) is 10.7. The second kappa shape index (κ2) is 6.28. The molecule has 0 radical (unpaired) electrons. The Hall–Kier alpha value is -1.72. The minimum absolute atomic E-state index is 0.219. The summed E-state index contributed by atoms with van der Waals surface area (Å²) in [5, 5.41) is 3.37. The van der Waals surface area contributed by atoms with Gasteiger partial charge in [0.05, 0.1) is 18.0 Å². The molecule has 2 aromatic heterocycles. The lowest BCUT2D eigenvalue weighted by atomic mass is 10.2. The van der Waals surface area contributed by atoms with Gasteiger partial charge in [-0.25, -0.2) is 0 Å². The summed E-state index contributed by atoms with van der Waals surface area (Å²) in [6.07, 6.45) is 6.85. The molecule has 1 atom stereocenters. The number of furan rings is 1. The molecule has 0 saturated carbocycles. The number of likely N-dealkylation sites (N-methyl/N-ethyl adjacent to an activating group) is 1. The van der Waals surface area contributed by atoms with E-state index in [0.717, 1.165) is 18.0 Å². The van der Waals surface area contributed by atoms with Crippen molar-refractivity contribution in [3.8, 4) is 0 Å². The lowest BCUT2D eigenvalue weighted by Crippen LogP contribution is -2.30. The van der Waals surface area contributed by atoms with Gasteiger partial charge in [0.15, 0.2) is 0 Å². The molecule has 2 aromatic rings. The van der Waals surface area contributed by atoms with Crippen LogP contribution in [0.5, 0.6) is 0 Å². The fourth-order valence-electron chi connectivity index (χ4n) is 1.78. The van der Waals surface area contributed by atoms with Gasteiger partial charge in [0, 0.05) is 31.7 Å². The van der Waals surface area contributed by atoms with Crippen molar-refractivity contribution >= 4 is 0 Å². The predicted molar refractivity (Wildman–Crippen MR) is 68.9 cm³/mol. The summed E-state index contributed by atoms with van der Waals surface area (Å²) in [5.41, 5.74) is 0.939. The van der Waals surface area contributed by atoms with E-state index in [0.29, 0.717) is 6.54 Å². The van der Waals surface area contributed by atoms with Crippen molar-refractivity contribution < 1.29 is 4.42 Å². The lowest BCUT2D eigenvalue weighted by Gasteiger charge is -2.22. The normalized spacial score (nSPS) is 12.8. The second-order valence-corrected chi connectivity index (χ2v) is 4.32. The SMILES string of the molecule is CN(C)C(CNCc1cnccn1)c1ccco1. The van der Waals surface area contributed by atoms with Crippen molar-refractivity contribution in [2.24, 2.45) is 0 Å². The smallest absolute Gasteiger partial charge is 0.122 e. The predicted octanol–water partition coefficient (Wildman–Crippen LogP) is 1.46.